The lowest BCUT2D eigenvalue weighted by Crippen LogP contribution is -2.40. The summed E-state index contributed by atoms with van der Waals surface area (Å²) in [5, 5.41) is 0. The molecule has 0 bridgehead atoms. The molecule has 0 N–H and O–H groups in total. The average Bonchev–Trinajstić information content (AvgIpc) is 2.16. The number of likely N-dealkylation sites (tertiary alicyclic amines) is 1. The minimum absolute atomic E-state index is 0.873. The van der Waals surface area contributed by atoms with E-state index in [1.165, 1.54) is 45.2 Å². The Hall–Kier alpha value is 0.0249. The number of hydrogen-bond donors (Lipinski definition) is 0. The second kappa shape index (κ2) is 5.69. The van der Waals surface area contributed by atoms with Crippen LogP contribution in [0.4, 0.5) is 0 Å². The first-order valence-electron chi connectivity index (χ1n) is 6.02. The molecule has 0 aromatic carbocycles. The van der Waals surface area contributed by atoms with Gasteiger partial charge in [0.05, 0.1) is 0 Å². The normalized spacial score (nSPS) is 23.2. The van der Waals surface area contributed by atoms with E-state index in [0.717, 1.165) is 11.9 Å². The van der Waals surface area contributed by atoms with Crippen molar-refractivity contribution in [1.82, 2.24) is 4.90 Å². The summed E-state index contributed by atoms with van der Waals surface area (Å²) in [5.74, 6) is 0.968. The molecular weight excluding hydrogens is 157 g/mol. The van der Waals surface area contributed by atoms with Crippen LogP contribution in [0.25, 0.3) is 0 Å². The highest BCUT2D eigenvalue weighted by molar-refractivity contribution is 6.11. The molecule has 0 amide bonds. The Kier molecular flexibility index (Phi) is 4.86. The highest BCUT2D eigenvalue weighted by Crippen LogP contribution is 2.23. The first-order valence-corrected chi connectivity index (χ1v) is 6.02. The molecule has 1 atom stereocenters. The van der Waals surface area contributed by atoms with E-state index in [9.17, 15) is 0 Å². The smallest absolute Gasteiger partial charge is 0.105 e. The SMILES string of the molecule is BC1CCN(C(CC)CCC)CC1. The second-order valence-corrected chi connectivity index (χ2v) is 4.57. The fourth-order valence-electron chi connectivity index (χ4n) is 2.37. The van der Waals surface area contributed by atoms with Gasteiger partial charge < -0.3 is 4.90 Å². The van der Waals surface area contributed by atoms with Crippen LogP contribution in [-0.4, -0.2) is 31.9 Å². The zero-order valence-corrected chi connectivity index (χ0v) is 9.55. The van der Waals surface area contributed by atoms with E-state index >= 15 is 0 Å². The van der Waals surface area contributed by atoms with Crippen LogP contribution in [0.5, 0.6) is 0 Å². The molecule has 0 aromatic rings. The zero-order valence-electron chi connectivity index (χ0n) is 9.55. The first-order chi connectivity index (χ1) is 6.27. The molecule has 0 saturated carbocycles. The van der Waals surface area contributed by atoms with E-state index in [1.807, 2.05) is 0 Å². The average molecular weight is 181 g/mol. The Balaban J connectivity index is 2.32. The van der Waals surface area contributed by atoms with E-state index in [-0.39, 0.29) is 0 Å². The Morgan fingerprint density at radius 2 is 1.92 bits per heavy atom. The molecule has 1 fully saturated rings. The zero-order chi connectivity index (χ0) is 9.68. The van der Waals surface area contributed by atoms with Crippen molar-refractivity contribution in [1.29, 1.82) is 0 Å². The molecular formula is C11H24BN. The molecule has 0 radical (unpaired) electrons. The van der Waals surface area contributed by atoms with Crippen LogP contribution in [0, 0.1) is 0 Å². The van der Waals surface area contributed by atoms with Gasteiger partial charge in [-0.25, -0.2) is 0 Å². The number of rotatable bonds is 4. The van der Waals surface area contributed by atoms with Crippen molar-refractivity contribution < 1.29 is 0 Å². The molecule has 0 spiro atoms. The van der Waals surface area contributed by atoms with Crippen molar-refractivity contribution in [2.24, 2.45) is 0 Å². The molecule has 76 valence electrons. The van der Waals surface area contributed by atoms with Crippen LogP contribution < -0.4 is 0 Å². The summed E-state index contributed by atoms with van der Waals surface area (Å²) < 4.78 is 0. The monoisotopic (exact) mass is 181 g/mol. The van der Waals surface area contributed by atoms with Gasteiger partial charge in [0, 0.05) is 6.04 Å². The van der Waals surface area contributed by atoms with Crippen LogP contribution in [0.3, 0.4) is 0 Å². The van der Waals surface area contributed by atoms with Gasteiger partial charge in [-0.2, -0.15) is 0 Å². The Labute approximate surface area is 84.3 Å². The molecule has 1 aliphatic rings. The maximum Gasteiger partial charge on any atom is 0.105 e. The van der Waals surface area contributed by atoms with Crippen LogP contribution in [-0.2, 0) is 0 Å². The highest BCUT2D eigenvalue weighted by atomic mass is 15.2. The largest absolute Gasteiger partial charge is 0.300 e. The predicted octanol–water partition coefficient (Wildman–Crippen LogP) is 2.08. The van der Waals surface area contributed by atoms with Crippen molar-refractivity contribution in [3.05, 3.63) is 0 Å². The quantitative estimate of drug-likeness (QED) is 0.600. The van der Waals surface area contributed by atoms with Gasteiger partial charge in [0.25, 0.3) is 0 Å². The molecule has 2 heteroatoms. The fourth-order valence-corrected chi connectivity index (χ4v) is 2.37. The number of piperidine rings is 1. The fraction of sp³-hybridized carbons (Fsp3) is 1.00. The van der Waals surface area contributed by atoms with Crippen molar-refractivity contribution in [2.45, 2.75) is 57.8 Å². The van der Waals surface area contributed by atoms with Crippen LogP contribution >= 0.6 is 0 Å². The van der Waals surface area contributed by atoms with Gasteiger partial charge >= 0.3 is 0 Å². The van der Waals surface area contributed by atoms with E-state index in [1.54, 1.807) is 0 Å². The standard InChI is InChI=1S/C11H24BN/c1-3-5-11(4-2)13-8-6-10(12)7-9-13/h10-11H,3-9,12H2,1-2H3. The summed E-state index contributed by atoms with van der Waals surface area (Å²) >= 11 is 0. The molecule has 13 heavy (non-hydrogen) atoms. The van der Waals surface area contributed by atoms with Gasteiger partial charge in [0.15, 0.2) is 0 Å². The van der Waals surface area contributed by atoms with Gasteiger partial charge in [0.1, 0.15) is 7.85 Å². The molecule has 0 aromatic heterocycles. The Morgan fingerprint density at radius 3 is 2.38 bits per heavy atom. The third kappa shape index (κ3) is 3.34. The summed E-state index contributed by atoms with van der Waals surface area (Å²) in [6.07, 6.45) is 6.90. The molecule has 1 saturated heterocycles. The Morgan fingerprint density at radius 1 is 1.31 bits per heavy atom. The third-order valence-corrected chi connectivity index (χ3v) is 3.43. The summed E-state index contributed by atoms with van der Waals surface area (Å²) in [6, 6.07) is 0.873. The van der Waals surface area contributed by atoms with Crippen molar-refractivity contribution >= 4 is 7.85 Å². The van der Waals surface area contributed by atoms with Gasteiger partial charge in [-0.3, -0.25) is 0 Å². The third-order valence-electron chi connectivity index (χ3n) is 3.43. The number of nitrogens with zero attached hydrogens (tertiary/aromatic N) is 1. The minimum Gasteiger partial charge on any atom is -0.300 e. The minimum atomic E-state index is 0.873. The van der Waals surface area contributed by atoms with Gasteiger partial charge in [0.2, 0.25) is 0 Å². The molecule has 1 unspecified atom stereocenters. The van der Waals surface area contributed by atoms with E-state index < -0.39 is 0 Å². The molecule has 0 aliphatic carbocycles. The van der Waals surface area contributed by atoms with Crippen LogP contribution in [0.2, 0.25) is 5.82 Å². The summed E-state index contributed by atoms with van der Waals surface area (Å²) in [5.41, 5.74) is 0. The lowest BCUT2D eigenvalue weighted by Gasteiger charge is -2.36. The molecule has 1 nitrogen and oxygen atoms in total. The predicted molar refractivity (Wildman–Crippen MR) is 62.1 cm³/mol. The lowest BCUT2D eigenvalue weighted by molar-refractivity contribution is 0.151. The highest BCUT2D eigenvalue weighted by Gasteiger charge is 2.20. The van der Waals surface area contributed by atoms with Crippen LogP contribution in [0.15, 0.2) is 0 Å². The number of hydrogen-bond acceptors (Lipinski definition) is 1. The summed E-state index contributed by atoms with van der Waals surface area (Å²) in [4.78, 5) is 2.71. The van der Waals surface area contributed by atoms with Crippen molar-refractivity contribution in [2.75, 3.05) is 13.1 Å². The lowest BCUT2D eigenvalue weighted by atomic mass is 9.79. The van der Waals surface area contributed by atoms with E-state index in [4.69, 9.17) is 0 Å². The molecule has 1 heterocycles. The summed E-state index contributed by atoms with van der Waals surface area (Å²) in [7, 11) is 2.39. The first kappa shape index (κ1) is 11.1. The van der Waals surface area contributed by atoms with Gasteiger partial charge in [-0.05, 0) is 38.8 Å². The van der Waals surface area contributed by atoms with E-state index in [0.29, 0.717) is 0 Å². The van der Waals surface area contributed by atoms with Crippen molar-refractivity contribution in [3.8, 4) is 0 Å². The van der Waals surface area contributed by atoms with E-state index in [2.05, 4.69) is 26.6 Å². The second-order valence-electron chi connectivity index (χ2n) is 4.57. The van der Waals surface area contributed by atoms with Gasteiger partial charge in [-0.15, -0.1) is 0 Å². The van der Waals surface area contributed by atoms with Crippen molar-refractivity contribution in [3.63, 3.8) is 0 Å². The summed E-state index contributed by atoms with van der Waals surface area (Å²) in [6.45, 7) is 7.33. The maximum atomic E-state index is 2.71. The van der Waals surface area contributed by atoms with Crippen LogP contribution in [0.1, 0.15) is 46.0 Å². The topological polar surface area (TPSA) is 3.24 Å². The van der Waals surface area contributed by atoms with Gasteiger partial charge in [-0.1, -0.05) is 26.1 Å². The molecule has 1 rings (SSSR count). The maximum absolute atomic E-state index is 2.71. The molecule has 1 aliphatic heterocycles. The Bertz CT molecular complexity index is 130.